The molecule has 106 valence electrons. The molecule has 0 saturated carbocycles. The number of H-pyrrole nitrogens is 1. The summed E-state index contributed by atoms with van der Waals surface area (Å²) in [6.45, 7) is 0. The number of aromatic nitrogens is 2. The molecule has 3 rings (SSSR count). The quantitative estimate of drug-likeness (QED) is 0.775. The lowest BCUT2D eigenvalue weighted by atomic mass is 10.1. The van der Waals surface area contributed by atoms with E-state index >= 15 is 0 Å². The second-order valence-corrected chi connectivity index (χ2v) is 4.90. The summed E-state index contributed by atoms with van der Waals surface area (Å²) in [5.41, 5.74) is 2.32. The van der Waals surface area contributed by atoms with Crippen LogP contribution in [-0.2, 0) is 0 Å². The first kappa shape index (κ1) is 13.5. The molecular formula is C15H11ClN2O3. The Kier molecular flexibility index (Phi) is 3.27. The fourth-order valence-corrected chi connectivity index (χ4v) is 2.31. The number of carboxylic acid groups (broad SMARTS) is 1. The van der Waals surface area contributed by atoms with Gasteiger partial charge in [-0.1, -0.05) is 11.6 Å². The van der Waals surface area contributed by atoms with E-state index in [-0.39, 0.29) is 5.56 Å². The molecule has 2 N–H and O–H groups in total. The monoisotopic (exact) mass is 302 g/mol. The maximum Gasteiger partial charge on any atom is 0.339 e. The zero-order valence-corrected chi connectivity index (χ0v) is 11.8. The number of benzene rings is 2. The van der Waals surface area contributed by atoms with Gasteiger partial charge in [0.1, 0.15) is 17.1 Å². The summed E-state index contributed by atoms with van der Waals surface area (Å²) in [5, 5.41) is 9.83. The van der Waals surface area contributed by atoms with Gasteiger partial charge in [-0.15, -0.1) is 0 Å². The van der Waals surface area contributed by atoms with E-state index in [4.69, 9.17) is 16.3 Å². The highest BCUT2D eigenvalue weighted by Gasteiger charge is 2.14. The van der Waals surface area contributed by atoms with E-state index in [1.807, 2.05) is 0 Å². The van der Waals surface area contributed by atoms with E-state index in [2.05, 4.69) is 9.97 Å². The summed E-state index contributed by atoms with van der Waals surface area (Å²) >= 11 is 5.94. The van der Waals surface area contributed by atoms with Crippen LogP contribution in [0.25, 0.3) is 22.4 Å². The number of ether oxygens (including phenoxy) is 1. The summed E-state index contributed by atoms with van der Waals surface area (Å²) in [5.74, 6) is -0.157. The molecular weight excluding hydrogens is 292 g/mol. The molecule has 0 radical (unpaired) electrons. The molecule has 3 aromatic rings. The van der Waals surface area contributed by atoms with Crippen LogP contribution in [0.2, 0.25) is 5.02 Å². The minimum absolute atomic E-state index is 0.0912. The van der Waals surface area contributed by atoms with Gasteiger partial charge in [0.2, 0.25) is 0 Å². The van der Waals surface area contributed by atoms with Crippen molar-refractivity contribution in [1.29, 1.82) is 0 Å². The van der Waals surface area contributed by atoms with Crippen molar-refractivity contribution in [3.8, 4) is 17.1 Å². The molecule has 0 unspecified atom stereocenters. The molecule has 0 aliphatic rings. The van der Waals surface area contributed by atoms with Crippen LogP contribution in [0.5, 0.6) is 5.75 Å². The van der Waals surface area contributed by atoms with Crippen molar-refractivity contribution in [2.24, 2.45) is 0 Å². The number of fused-ring (bicyclic) bond motifs is 1. The minimum atomic E-state index is -1.05. The van der Waals surface area contributed by atoms with Gasteiger partial charge in [0.25, 0.3) is 0 Å². The maximum atomic E-state index is 11.3. The highest BCUT2D eigenvalue weighted by molar-refractivity contribution is 6.31. The summed E-state index contributed by atoms with van der Waals surface area (Å²) in [6, 6.07) is 10.2. The number of aromatic carboxylic acids is 1. The Hall–Kier alpha value is -2.53. The second kappa shape index (κ2) is 5.10. The molecule has 1 heterocycles. The molecule has 0 aliphatic carbocycles. The van der Waals surface area contributed by atoms with Crippen LogP contribution >= 0.6 is 11.6 Å². The number of rotatable bonds is 3. The van der Waals surface area contributed by atoms with Crippen LogP contribution in [0.1, 0.15) is 10.4 Å². The molecule has 0 aliphatic heterocycles. The van der Waals surface area contributed by atoms with Crippen molar-refractivity contribution < 1.29 is 14.6 Å². The largest absolute Gasteiger partial charge is 0.496 e. The fraction of sp³-hybridized carbons (Fsp3) is 0.0667. The Morgan fingerprint density at radius 1 is 1.29 bits per heavy atom. The summed E-state index contributed by atoms with van der Waals surface area (Å²) < 4.78 is 5.04. The van der Waals surface area contributed by atoms with Gasteiger partial charge in [-0.05, 0) is 36.4 Å². The lowest BCUT2D eigenvalue weighted by Crippen LogP contribution is -2.00. The minimum Gasteiger partial charge on any atom is -0.496 e. The standard InChI is InChI=1S/C15H11ClN2O3/c1-21-13-5-2-8(6-10(13)15(19)20)14-17-11-4-3-9(16)7-12(11)18-14/h2-7H,1H3,(H,17,18)(H,19,20). The van der Waals surface area contributed by atoms with E-state index in [1.165, 1.54) is 13.2 Å². The van der Waals surface area contributed by atoms with E-state index in [1.54, 1.807) is 30.3 Å². The van der Waals surface area contributed by atoms with Crippen LogP contribution < -0.4 is 4.74 Å². The van der Waals surface area contributed by atoms with Crippen LogP contribution in [-0.4, -0.2) is 28.2 Å². The van der Waals surface area contributed by atoms with Gasteiger partial charge in [-0.25, -0.2) is 9.78 Å². The number of methoxy groups -OCH3 is 1. The molecule has 0 atom stereocenters. The third kappa shape index (κ3) is 2.43. The highest BCUT2D eigenvalue weighted by Crippen LogP contribution is 2.27. The summed E-state index contributed by atoms with van der Waals surface area (Å²) in [6.07, 6.45) is 0. The molecule has 6 heteroatoms. The number of hydrogen-bond acceptors (Lipinski definition) is 3. The highest BCUT2D eigenvalue weighted by atomic mass is 35.5. The Labute approximate surface area is 125 Å². The van der Waals surface area contributed by atoms with Crippen molar-refractivity contribution in [2.75, 3.05) is 7.11 Å². The van der Waals surface area contributed by atoms with Gasteiger partial charge >= 0.3 is 5.97 Å². The molecule has 0 bridgehead atoms. The Bertz CT molecular complexity index is 842. The van der Waals surface area contributed by atoms with Gasteiger partial charge in [-0.2, -0.15) is 0 Å². The first-order valence-corrected chi connectivity index (χ1v) is 6.53. The normalized spacial score (nSPS) is 10.8. The first-order chi connectivity index (χ1) is 10.1. The average molecular weight is 303 g/mol. The number of carbonyl (C=O) groups is 1. The molecule has 0 saturated heterocycles. The van der Waals surface area contributed by atoms with E-state index in [9.17, 15) is 9.90 Å². The second-order valence-electron chi connectivity index (χ2n) is 4.47. The number of hydrogen-bond donors (Lipinski definition) is 2. The van der Waals surface area contributed by atoms with Crippen molar-refractivity contribution in [2.45, 2.75) is 0 Å². The van der Waals surface area contributed by atoms with E-state index in [0.717, 1.165) is 11.0 Å². The summed E-state index contributed by atoms with van der Waals surface area (Å²) in [7, 11) is 1.44. The number of carboxylic acids is 1. The number of nitrogens with one attached hydrogen (secondary N) is 1. The number of halogens is 1. The van der Waals surface area contributed by atoms with Gasteiger partial charge in [0.05, 0.1) is 18.1 Å². The Morgan fingerprint density at radius 3 is 2.81 bits per heavy atom. The van der Waals surface area contributed by atoms with Crippen LogP contribution in [0.3, 0.4) is 0 Å². The number of imidazole rings is 1. The predicted octanol–water partition coefficient (Wildman–Crippen LogP) is 3.59. The topological polar surface area (TPSA) is 75.2 Å². The van der Waals surface area contributed by atoms with Crippen LogP contribution in [0.15, 0.2) is 36.4 Å². The Balaban J connectivity index is 2.13. The van der Waals surface area contributed by atoms with Crippen LogP contribution in [0, 0.1) is 0 Å². The number of aromatic amines is 1. The summed E-state index contributed by atoms with van der Waals surface area (Å²) in [4.78, 5) is 18.8. The molecule has 5 nitrogen and oxygen atoms in total. The van der Waals surface area contributed by atoms with Gasteiger partial charge < -0.3 is 14.8 Å². The molecule has 2 aromatic carbocycles. The maximum absolute atomic E-state index is 11.3. The lowest BCUT2D eigenvalue weighted by molar-refractivity contribution is 0.0693. The smallest absolute Gasteiger partial charge is 0.339 e. The zero-order chi connectivity index (χ0) is 15.0. The number of nitrogens with zero attached hydrogens (tertiary/aromatic N) is 1. The fourth-order valence-electron chi connectivity index (χ4n) is 2.14. The average Bonchev–Trinajstić information content (AvgIpc) is 2.89. The van der Waals surface area contributed by atoms with Crippen molar-refractivity contribution >= 4 is 28.6 Å². The first-order valence-electron chi connectivity index (χ1n) is 6.15. The van der Waals surface area contributed by atoms with E-state index < -0.39 is 5.97 Å². The van der Waals surface area contributed by atoms with Crippen molar-refractivity contribution in [3.63, 3.8) is 0 Å². The molecule has 0 amide bonds. The molecule has 1 aromatic heterocycles. The van der Waals surface area contributed by atoms with Gasteiger partial charge in [0.15, 0.2) is 0 Å². The van der Waals surface area contributed by atoms with Crippen molar-refractivity contribution in [3.05, 3.63) is 47.0 Å². The molecule has 0 spiro atoms. The van der Waals surface area contributed by atoms with Crippen LogP contribution in [0.4, 0.5) is 0 Å². The third-order valence-electron chi connectivity index (χ3n) is 3.15. The van der Waals surface area contributed by atoms with Gasteiger partial charge in [-0.3, -0.25) is 0 Å². The Morgan fingerprint density at radius 2 is 2.10 bits per heavy atom. The third-order valence-corrected chi connectivity index (χ3v) is 3.38. The molecule has 21 heavy (non-hydrogen) atoms. The zero-order valence-electron chi connectivity index (χ0n) is 11.1. The molecule has 0 fully saturated rings. The SMILES string of the molecule is COc1ccc(-c2nc3ccc(Cl)cc3[nH]2)cc1C(=O)O. The predicted molar refractivity (Wildman–Crippen MR) is 80.1 cm³/mol. The lowest BCUT2D eigenvalue weighted by Gasteiger charge is -2.06. The van der Waals surface area contributed by atoms with Gasteiger partial charge in [0, 0.05) is 10.6 Å². The van der Waals surface area contributed by atoms with Crippen molar-refractivity contribution in [1.82, 2.24) is 9.97 Å². The van der Waals surface area contributed by atoms with E-state index in [0.29, 0.717) is 22.2 Å².